The second-order valence-electron chi connectivity index (χ2n) is 1.35. The van der Waals surface area contributed by atoms with Crippen molar-refractivity contribution >= 4 is 0 Å². The molecule has 0 fully saturated rings. The van der Waals surface area contributed by atoms with Crippen LogP contribution in [0.4, 0.5) is 0 Å². The average Bonchev–Trinajstić information content (AvgIpc) is 1.38. The summed E-state index contributed by atoms with van der Waals surface area (Å²) in [5, 5.41) is 3.89. The first-order chi connectivity index (χ1) is 2.27. The average molecular weight is 256 g/mol. The summed E-state index contributed by atoms with van der Waals surface area (Å²) in [6, 6.07) is 0.509. The Morgan fingerprint density at radius 1 is 1.33 bits per heavy atom. The number of hydrogen-bond acceptors (Lipinski definition) is 0. The summed E-state index contributed by atoms with van der Waals surface area (Å²) in [6.45, 7) is 4.11. The fourth-order valence-corrected chi connectivity index (χ4v) is 0. The molecule has 0 saturated heterocycles. The van der Waals surface area contributed by atoms with Gasteiger partial charge in [0.15, 0.2) is 0 Å². The molecule has 0 atom stereocenters. The van der Waals surface area contributed by atoms with Crippen molar-refractivity contribution in [1.29, 1.82) is 0 Å². The first-order valence-electron chi connectivity index (χ1n) is 1.86. The number of nitrogens with zero attached hydrogens (tertiary/aromatic N) is 1. The Balaban J connectivity index is 0. The molecule has 0 bridgehead atoms. The number of rotatable bonds is 1. The molecule has 0 unspecified atom stereocenters. The Hall–Kier alpha value is 0.648. The van der Waals surface area contributed by atoms with Crippen molar-refractivity contribution in [2.75, 3.05) is 7.05 Å². The molecular formula is C4H10NW+. The van der Waals surface area contributed by atoms with Crippen molar-refractivity contribution in [3.8, 4) is 0 Å². The van der Waals surface area contributed by atoms with Crippen LogP contribution >= 0.6 is 0 Å². The van der Waals surface area contributed by atoms with Gasteiger partial charge in [0, 0.05) is 0 Å². The molecule has 2 heteroatoms. The van der Waals surface area contributed by atoms with Crippen molar-refractivity contribution in [3.63, 3.8) is 0 Å². The maximum atomic E-state index is 3.89. The molecule has 0 saturated carbocycles. The second kappa shape index (κ2) is 5.65. The molecule has 0 aliphatic heterocycles. The zero-order valence-corrected chi connectivity index (χ0v) is 7.37. The van der Waals surface area contributed by atoms with Gasteiger partial charge in [0.05, 0.1) is 0 Å². The Morgan fingerprint density at radius 3 is 1.50 bits per heavy atom. The van der Waals surface area contributed by atoms with Gasteiger partial charge < -0.3 is 5.32 Å². The van der Waals surface area contributed by atoms with Crippen molar-refractivity contribution in [1.82, 2.24) is 0 Å². The van der Waals surface area contributed by atoms with E-state index in [4.69, 9.17) is 0 Å². The van der Waals surface area contributed by atoms with Gasteiger partial charge >= 0.3 is 21.1 Å². The van der Waals surface area contributed by atoms with E-state index in [-0.39, 0.29) is 21.1 Å². The molecule has 0 N–H and O–H groups in total. The Labute approximate surface area is 53.8 Å². The van der Waals surface area contributed by atoms with Crippen LogP contribution in [-0.2, 0) is 21.1 Å². The van der Waals surface area contributed by atoms with Gasteiger partial charge in [-0.25, -0.2) is 0 Å². The SMILES string of the molecule is C[N-]C(C)C.[W+2]. The largest absolute Gasteiger partial charge is 2.00 e. The van der Waals surface area contributed by atoms with E-state index in [0.29, 0.717) is 6.04 Å². The van der Waals surface area contributed by atoms with Gasteiger partial charge in [-0.15, -0.1) is 6.04 Å². The summed E-state index contributed by atoms with van der Waals surface area (Å²) in [5.41, 5.74) is 0. The molecule has 1 nitrogen and oxygen atoms in total. The van der Waals surface area contributed by atoms with Gasteiger partial charge in [-0.1, -0.05) is 13.8 Å². The molecule has 0 aliphatic carbocycles. The molecule has 0 aliphatic rings. The monoisotopic (exact) mass is 256 g/mol. The van der Waals surface area contributed by atoms with Crippen molar-refractivity contribution in [3.05, 3.63) is 5.32 Å². The summed E-state index contributed by atoms with van der Waals surface area (Å²) in [6.07, 6.45) is 0. The van der Waals surface area contributed by atoms with Gasteiger partial charge in [-0.3, -0.25) is 0 Å². The summed E-state index contributed by atoms with van der Waals surface area (Å²) >= 11 is 0. The fourth-order valence-electron chi connectivity index (χ4n) is 0. The maximum Gasteiger partial charge on any atom is 2.00 e. The second-order valence-corrected chi connectivity index (χ2v) is 1.35. The van der Waals surface area contributed by atoms with E-state index in [0.717, 1.165) is 0 Å². The molecule has 6 heavy (non-hydrogen) atoms. The molecule has 0 amide bonds. The molecule has 0 radical (unpaired) electrons. The van der Waals surface area contributed by atoms with Crippen LogP contribution in [0.1, 0.15) is 13.8 Å². The summed E-state index contributed by atoms with van der Waals surface area (Å²) in [4.78, 5) is 0. The van der Waals surface area contributed by atoms with E-state index >= 15 is 0 Å². The summed E-state index contributed by atoms with van der Waals surface area (Å²) < 4.78 is 0. The standard InChI is InChI=1S/C4H10N.W/c1-4(2)5-3;/h4H,1-3H3;/q-1;+2. The maximum absolute atomic E-state index is 3.89. The molecule has 0 spiro atoms. The molecular weight excluding hydrogens is 246 g/mol. The fraction of sp³-hybridized carbons (Fsp3) is 1.00. The molecule has 0 heterocycles. The summed E-state index contributed by atoms with van der Waals surface area (Å²) in [7, 11) is 1.82. The van der Waals surface area contributed by atoms with E-state index in [9.17, 15) is 0 Å². The Kier molecular flexibility index (Phi) is 9.24. The van der Waals surface area contributed by atoms with E-state index in [1.807, 2.05) is 7.05 Å². The van der Waals surface area contributed by atoms with Gasteiger partial charge in [-0.05, 0) is 0 Å². The molecule has 0 rings (SSSR count). The van der Waals surface area contributed by atoms with Crippen molar-refractivity contribution in [2.24, 2.45) is 0 Å². The van der Waals surface area contributed by atoms with Gasteiger partial charge in [0.2, 0.25) is 0 Å². The Morgan fingerprint density at radius 2 is 1.50 bits per heavy atom. The zero-order chi connectivity index (χ0) is 4.28. The quantitative estimate of drug-likeness (QED) is 0.673. The third kappa shape index (κ3) is 8.82. The first kappa shape index (κ1) is 9.82. The molecule has 0 aromatic heterocycles. The van der Waals surface area contributed by atoms with E-state index in [1.165, 1.54) is 0 Å². The molecule has 36 valence electrons. The third-order valence-electron chi connectivity index (χ3n) is 0.516. The zero-order valence-electron chi connectivity index (χ0n) is 4.43. The van der Waals surface area contributed by atoms with Gasteiger partial charge in [-0.2, -0.15) is 7.05 Å². The van der Waals surface area contributed by atoms with Crippen LogP contribution in [0.2, 0.25) is 0 Å². The van der Waals surface area contributed by atoms with Crippen LogP contribution in [0.15, 0.2) is 0 Å². The van der Waals surface area contributed by atoms with Crippen LogP contribution in [0.3, 0.4) is 0 Å². The normalized spacial score (nSPS) is 8.00. The van der Waals surface area contributed by atoms with E-state index in [2.05, 4.69) is 19.2 Å². The predicted molar refractivity (Wildman–Crippen MR) is 24.4 cm³/mol. The van der Waals surface area contributed by atoms with Gasteiger partial charge in [0.1, 0.15) is 0 Å². The predicted octanol–water partition coefficient (Wildman–Crippen LogP) is 1.40. The van der Waals surface area contributed by atoms with E-state index < -0.39 is 0 Å². The first-order valence-corrected chi connectivity index (χ1v) is 1.86. The van der Waals surface area contributed by atoms with Crippen LogP contribution in [0.25, 0.3) is 5.32 Å². The molecule has 0 aromatic carbocycles. The smallest absolute Gasteiger partial charge is 0.663 e. The minimum atomic E-state index is 0. The van der Waals surface area contributed by atoms with Crippen LogP contribution < -0.4 is 0 Å². The van der Waals surface area contributed by atoms with Crippen LogP contribution in [0, 0.1) is 0 Å². The van der Waals surface area contributed by atoms with Crippen LogP contribution in [0.5, 0.6) is 0 Å². The Bertz CT molecular complexity index is 21.5. The topological polar surface area (TPSA) is 14.1 Å². The molecule has 0 aromatic rings. The van der Waals surface area contributed by atoms with E-state index in [1.54, 1.807) is 0 Å². The number of hydrogen-bond donors (Lipinski definition) is 0. The van der Waals surface area contributed by atoms with Crippen molar-refractivity contribution < 1.29 is 21.1 Å². The van der Waals surface area contributed by atoms with Crippen LogP contribution in [-0.4, -0.2) is 13.1 Å². The minimum absolute atomic E-state index is 0. The van der Waals surface area contributed by atoms with Gasteiger partial charge in [0.25, 0.3) is 0 Å². The summed E-state index contributed by atoms with van der Waals surface area (Å²) in [5.74, 6) is 0. The van der Waals surface area contributed by atoms with Crippen molar-refractivity contribution in [2.45, 2.75) is 19.9 Å². The third-order valence-corrected chi connectivity index (χ3v) is 0.516. The minimum Gasteiger partial charge on any atom is -0.663 e.